The van der Waals surface area contributed by atoms with E-state index in [1.807, 2.05) is 31.2 Å². The van der Waals surface area contributed by atoms with Gasteiger partial charge in [-0.1, -0.05) is 29.3 Å². The van der Waals surface area contributed by atoms with Gasteiger partial charge in [-0.3, -0.25) is 4.79 Å². The van der Waals surface area contributed by atoms with E-state index in [-0.39, 0.29) is 13.1 Å². The van der Waals surface area contributed by atoms with E-state index in [0.29, 0.717) is 10.6 Å². The Hall–Kier alpha value is -2.07. The smallest absolute Gasteiger partial charge is 0.323 e. The summed E-state index contributed by atoms with van der Waals surface area (Å²) in [5.41, 5.74) is 2.16. The van der Waals surface area contributed by atoms with Crippen molar-refractivity contribution in [1.82, 2.24) is 0 Å². The molecule has 0 aromatic heterocycles. The molecule has 0 bridgehead atoms. The molecule has 0 saturated carbocycles. The van der Waals surface area contributed by atoms with Crippen molar-refractivity contribution in [3.63, 3.8) is 0 Å². The van der Waals surface area contributed by atoms with Crippen molar-refractivity contribution in [3.8, 4) is 0 Å². The number of rotatable bonds is 5. The number of carboxylic acid groups (broad SMARTS) is 1. The van der Waals surface area contributed by atoms with E-state index in [2.05, 4.69) is 0 Å². The first-order valence-electron chi connectivity index (χ1n) is 6.43. The molecule has 3 nitrogen and oxygen atoms in total. The fourth-order valence-corrected chi connectivity index (χ4v) is 2.22. The number of carbonyl (C=O) groups is 1. The zero-order valence-electron chi connectivity index (χ0n) is 11.5. The molecule has 0 amide bonds. The van der Waals surface area contributed by atoms with Crippen LogP contribution in [0.25, 0.3) is 0 Å². The number of nitrogens with zero attached hydrogens (tertiary/aromatic N) is 1. The lowest BCUT2D eigenvalue weighted by Crippen LogP contribution is -2.29. The average Bonchev–Trinajstić information content (AvgIpc) is 2.42. The van der Waals surface area contributed by atoms with Crippen LogP contribution in [-0.2, 0) is 11.3 Å². The lowest BCUT2D eigenvalue weighted by Gasteiger charge is -2.23. The Morgan fingerprint density at radius 2 is 1.90 bits per heavy atom. The highest BCUT2D eigenvalue weighted by molar-refractivity contribution is 6.30. The monoisotopic (exact) mass is 307 g/mol. The molecule has 0 spiro atoms. The lowest BCUT2D eigenvalue weighted by molar-refractivity contribution is -0.135. The third kappa shape index (κ3) is 4.20. The van der Waals surface area contributed by atoms with Gasteiger partial charge in [0, 0.05) is 22.8 Å². The Balaban J connectivity index is 2.30. The molecule has 21 heavy (non-hydrogen) atoms. The van der Waals surface area contributed by atoms with Gasteiger partial charge in [-0.2, -0.15) is 0 Å². The number of benzene rings is 2. The van der Waals surface area contributed by atoms with Crippen molar-refractivity contribution in [1.29, 1.82) is 0 Å². The molecule has 2 aromatic carbocycles. The third-order valence-electron chi connectivity index (χ3n) is 3.09. The van der Waals surface area contributed by atoms with E-state index >= 15 is 0 Å². The molecule has 0 atom stereocenters. The van der Waals surface area contributed by atoms with E-state index in [1.165, 1.54) is 18.2 Å². The highest BCUT2D eigenvalue weighted by Crippen LogP contribution is 2.21. The topological polar surface area (TPSA) is 40.5 Å². The van der Waals surface area contributed by atoms with Gasteiger partial charge in [0.05, 0.1) is 0 Å². The van der Waals surface area contributed by atoms with Crippen LogP contribution in [-0.4, -0.2) is 17.6 Å². The van der Waals surface area contributed by atoms with Gasteiger partial charge < -0.3 is 10.0 Å². The molecule has 1 N–H and O–H groups in total. The number of halogens is 2. The largest absolute Gasteiger partial charge is 0.480 e. The number of anilines is 1. The van der Waals surface area contributed by atoms with Crippen LogP contribution >= 0.6 is 11.6 Å². The molecule has 0 heterocycles. The van der Waals surface area contributed by atoms with Gasteiger partial charge in [0.15, 0.2) is 0 Å². The van der Waals surface area contributed by atoms with Crippen molar-refractivity contribution in [2.75, 3.05) is 11.4 Å². The summed E-state index contributed by atoms with van der Waals surface area (Å²) in [5.74, 6) is -1.38. The summed E-state index contributed by atoms with van der Waals surface area (Å²) in [4.78, 5) is 12.6. The van der Waals surface area contributed by atoms with E-state index < -0.39 is 11.8 Å². The van der Waals surface area contributed by atoms with Gasteiger partial charge in [-0.15, -0.1) is 0 Å². The molecule has 0 aliphatic rings. The number of aliphatic carboxylic acids is 1. The molecule has 2 aromatic rings. The van der Waals surface area contributed by atoms with Crippen LogP contribution < -0.4 is 4.90 Å². The average molecular weight is 308 g/mol. The van der Waals surface area contributed by atoms with Crippen molar-refractivity contribution < 1.29 is 14.3 Å². The number of hydrogen-bond donors (Lipinski definition) is 1. The molecule has 0 radical (unpaired) electrons. The Labute approximate surface area is 127 Å². The van der Waals surface area contributed by atoms with Crippen LogP contribution in [0, 0.1) is 12.7 Å². The van der Waals surface area contributed by atoms with Crippen LogP contribution in [0.15, 0.2) is 42.5 Å². The maximum atomic E-state index is 13.8. The molecule has 5 heteroatoms. The van der Waals surface area contributed by atoms with Gasteiger partial charge >= 0.3 is 5.97 Å². The van der Waals surface area contributed by atoms with Crippen molar-refractivity contribution in [2.45, 2.75) is 13.5 Å². The van der Waals surface area contributed by atoms with Gasteiger partial charge in [0.1, 0.15) is 12.4 Å². The third-order valence-corrected chi connectivity index (χ3v) is 3.33. The molecule has 0 fully saturated rings. The SMILES string of the molecule is Cc1ccc(N(CC(=O)O)Cc2cc(Cl)ccc2F)cc1. The molecular formula is C16H15ClFNO2. The summed E-state index contributed by atoms with van der Waals surface area (Å²) >= 11 is 5.87. The first kappa shape index (κ1) is 15.3. The molecule has 0 saturated heterocycles. The highest BCUT2D eigenvalue weighted by atomic mass is 35.5. The minimum absolute atomic E-state index is 0.141. The maximum Gasteiger partial charge on any atom is 0.323 e. The Morgan fingerprint density at radius 3 is 2.52 bits per heavy atom. The maximum absolute atomic E-state index is 13.8. The molecule has 0 aliphatic carbocycles. The van der Waals surface area contributed by atoms with Crippen LogP contribution in [0.4, 0.5) is 10.1 Å². The predicted octanol–water partition coefficient (Wildman–Crippen LogP) is 3.88. The van der Waals surface area contributed by atoms with E-state index in [1.54, 1.807) is 4.90 Å². The first-order valence-corrected chi connectivity index (χ1v) is 6.81. The summed E-state index contributed by atoms with van der Waals surface area (Å²) in [6, 6.07) is 11.7. The van der Waals surface area contributed by atoms with Crippen molar-refractivity contribution in [2.24, 2.45) is 0 Å². The van der Waals surface area contributed by atoms with Crippen LogP contribution in [0.3, 0.4) is 0 Å². The predicted molar refractivity (Wildman–Crippen MR) is 81.3 cm³/mol. The van der Waals surface area contributed by atoms with Crippen molar-refractivity contribution >= 4 is 23.3 Å². The standard InChI is InChI=1S/C16H15ClFNO2/c1-11-2-5-14(6-3-11)19(10-16(20)21)9-12-8-13(17)4-7-15(12)18/h2-8H,9-10H2,1H3,(H,20,21). The van der Waals surface area contributed by atoms with Gasteiger partial charge in [-0.05, 0) is 37.3 Å². The molecular weight excluding hydrogens is 293 g/mol. The second-order valence-corrected chi connectivity index (χ2v) is 5.26. The minimum Gasteiger partial charge on any atom is -0.480 e. The first-order chi connectivity index (χ1) is 9.95. The fraction of sp³-hybridized carbons (Fsp3) is 0.188. The van der Waals surface area contributed by atoms with Gasteiger partial charge in [-0.25, -0.2) is 4.39 Å². The Morgan fingerprint density at radius 1 is 1.24 bits per heavy atom. The van der Waals surface area contributed by atoms with Crippen LogP contribution in [0.1, 0.15) is 11.1 Å². The van der Waals surface area contributed by atoms with Crippen LogP contribution in [0.2, 0.25) is 5.02 Å². The second-order valence-electron chi connectivity index (χ2n) is 4.82. The molecule has 0 aliphatic heterocycles. The Kier molecular flexibility index (Phi) is 4.81. The van der Waals surface area contributed by atoms with E-state index in [0.717, 1.165) is 11.3 Å². The molecule has 2 rings (SSSR count). The van der Waals surface area contributed by atoms with Gasteiger partial charge in [0.25, 0.3) is 0 Å². The normalized spacial score (nSPS) is 10.4. The second kappa shape index (κ2) is 6.59. The number of carboxylic acids is 1. The summed E-state index contributed by atoms with van der Waals surface area (Å²) in [5, 5.41) is 9.46. The number of hydrogen-bond acceptors (Lipinski definition) is 2. The number of aryl methyl sites for hydroxylation is 1. The van der Waals surface area contributed by atoms with Crippen LogP contribution in [0.5, 0.6) is 0 Å². The minimum atomic E-state index is -0.974. The fourth-order valence-electron chi connectivity index (χ4n) is 2.03. The zero-order chi connectivity index (χ0) is 15.4. The van der Waals surface area contributed by atoms with E-state index in [4.69, 9.17) is 16.7 Å². The molecule has 0 unspecified atom stereocenters. The zero-order valence-corrected chi connectivity index (χ0v) is 12.3. The lowest BCUT2D eigenvalue weighted by atomic mass is 10.1. The quantitative estimate of drug-likeness (QED) is 0.911. The van der Waals surface area contributed by atoms with E-state index in [9.17, 15) is 9.18 Å². The summed E-state index contributed by atoms with van der Waals surface area (Å²) in [6.07, 6.45) is 0. The summed E-state index contributed by atoms with van der Waals surface area (Å²) in [6.45, 7) is 1.87. The molecule has 110 valence electrons. The summed E-state index contributed by atoms with van der Waals surface area (Å²) in [7, 11) is 0. The highest BCUT2D eigenvalue weighted by Gasteiger charge is 2.14. The van der Waals surface area contributed by atoms with Gasteiger partial charge in [0.2, 0.25) is 0 Å². The Bertz CT molecular complexity index is 643. The van der Waals surface area contributed by atoms with Crippen molar-refractivity contribution in [3.05, 3.63) is 64.4 Å². The summed E-state index contributed by atoms with van der Waals surface area (Å²) < 4.78 is 13.8.